The summed E-state index contributed by atoms with van der Waals surface area (Å²) in [6, 6.07) is 16.0. The molecule has 0 spiro atoms. The van der Waals surface area contributed by atoms with E-state index in [9.17, 15) is 0 Å². The Bertz CT molecular complexity index is 823. The van der Waals surface area contributed by atoms with Gasteiger partial charge in [0.25, 0.3) is 0 Å². The molecule has 0 unspecified atom stereocenters. The Hall–Kier alpha value is -3.02. The van der Waals surface area contributed by atoms with E-state index in [0.717, 1.165) is 41.7 Å². The molecule has 142 valence electrons. The van der Waals surface area contributed by atoms with E-state index in [0.29, 0.717) is 19.0 Å². The maximum Gasteiger partial charge on any atom is 0.191 e. The standard InChI is InChI=1S/C21H26N4O2/c1-16(2)20-13-19(27-25-20)15-24-21(22-11-10-18-9-6-12-26-18)23-14-17-7-4-3-5-8-17/h3-9,12-13,16H,10-11,14-15H2,1-2H3,(H2,22,23,24). The van der Waals surface area contributed by atoms with E-state index in [-0.39, 0.29) is 0 Å². The largest absolute Gasteiger partial charge is 0.469 e. The van der Waals surface area contributed by atoms with Gasteiger partial charge in [0.1, 0.15) is 5.76 Å². The van der Waals surface area contributed by atoms with Gasteiger partial charge in [0.15, 0.2) is 11.7 Å². The second-order valence-electron chi connectivity index (χ2n) is 6.63. The van der Waals surface area contributed by atoms with Crippen LogP contribution in [0.15, 0.2) is 68.7 Å². The van der Waals surface area contributed by atoms with Crippen LogP contribution in [0.1, 0.15) is 42.5 Å². The van der Waals surface area contributed by atoms with Crippen LogP contribution in [-0.2, 0) is 19.5 Å². The lowest BCUT2D eigenvalue weighted by atomic mass is 10.1. The van der Waals surface area contributed by atoms with E-state index in [1.54, 1.807) is 6.26 Å². The first-order valence-electron chi connectivity index (χ1n) is 9.24. The van der Waals surface area contributed by atoms with Gasteiger partial charge in [-0.25, -0.2) is 4.99 Å². The first kappa shape index (κ1) is 18.8. The molecule has 0 saturated carbocycles. The molecule has 6 nitrogen and oxygen atoms in total. The van der Waals surface area contributed by atoms with E-state index >= 15 is 0 Å². The third kappa shape index (κ3) is 6.02. The first-order chi connectivity index (χ1) is 13.2. The van der Waals surface area contributed by atoms with Crippen molar-refractivity contribution in [2.45, 2.75) is 39.3 Å². The minimum absolute atomic E-state index is 0.347. The Morgan fingerprint density at radius 1 is 1.07 bits per heavy atom. The maximum absolute atomic E-state index is 5.39. The fourth-order valence-corrected chi connectivity index (χ4v) is 2.54. The zero-order valence-electron chi connectivity index (χ0n) is 15.8. The second kappa shape index (κ2) is 9.62. The average Bonchev–Trinajstić information content (AvgIpc) is 3.36. The van der Waals surface area contributed by atoms with Gasteiger partial charge in [0.2, 0.25) is 0 Å². The molecule has 2 heterocycles. The molecule has 0 fully saturated rings. The molecule has 0 bridgehead atoms. The smallest absolute Gasteiger partial charge is 0.191 e. The van der Waals surface area contributed by atoms with Crippen molar-refractivity contribution in [1.29, 1.82) is 0 Å². The summed E-state index contributed by atoms with van der Waals surface area (Å²) in [7, 11) is 0. The molecule has 0 saturated heterocycles. The Balaban J connectivity index is 1.58. The van der Waals surface area contributed by atoms with Crippen LogP contribution in [0.4, 0.5) is 0 Å². The van der Waals surface area contributed by atoms with Crippen molar-refractivity contribution < 1.29 is 8.94 Å². The fourth-order valence-electron chi connectivity index (χ4n) is 2.54. The molecule has 27 heavy (non-hydrogen) atoms. The van der Waals surface area contributed by atoms with Gasteiger partial charge < -0.3 is 19.6 Å². The lowest BCUT2D eigenvalue weighted by molar-refractivity contribution is 0.372. The number of furan rings is 1. The summed E-state index contributed by atoms with van der Waals surface area (Å²) in [5.41, 5.74) is 2.12. The van der Waals surface area contributed by atoms with Crippen LogP contribution in [0.3, 0.4) is 0 Å². The molecule has 0 atom stereocenters. The van der Waals surface area contributed by atoms with Crippen LogP contribution in [0.25, 0.3) is 0 Å². The van der Waals surface area contributed by atoms with Gasteiger partial charge in [-0.05, 0) is 23.6 Å². The highest BCUT2D eigenvalue weighted by Crippen LogP contribution is 2.13. The minimum atomic E-state index is 0.347. The molecule has 2 aromatic heterocycles. The number of hydrogen-bond acceptors (Lipinski definition) is 4. The second-order valence-corrected chi connectivity index (χ2v) is 6.63. The molecule has 3 aromatic rings. The molecular weight excluding hydrogens is 340 g/mol. The van der Waals surface area contributed by atoms with Crippen molar-refractivity contribution in [2.24, 2.45) is 4.99 Å². The van der Waals surface area contributed by atoms with E-state index in [1.165, 1.54) is 0 Å². The highest BCUT2D eigenvalue weighted by atomic mass is 16.5. The van der Waals surface area contributed by atoms with Crippen LogP contribution in [-0.4, -0.2) is 17.7 Å². The third-order valence-corrected chi connectivity index (χ3v) is 4.11. The van der Waals surface area contributed by atoms with Crippen molar-refractivity contribution in [3.8, 4) is 0 Å². The number of rotatable bonds is 8. The molecule has 0 aliphatic heterocycles. The van der Waals surface area contributed by atoms with Crippen molar-refractivity contribution in [3.63, 3.8) is 0 Å². The van der Waals surface area contributed by atoms with Gasteiger partial charge in [0, 0.05) is 19.0 Å². The monoisotopic (exact) mass is 366 g/mol. The molecular formula is C21H26N4O2. The first-order valence-corrected chi connectivity index (χ1v) is 9.24. The molecule has 0 aliphatic rings. The number of hydrogen-bond donors (Lipinski definition) is 2. The van der Waals surface area contributed by atoms with E-state index < -0.39 is 0 Å². The van der Waals surface area contributed by atoms with Crippen LogP contribution in [0.2, 0.25) is 0 Å². The summed E-state index contributed by atoms with van der Waals surface area (Å²) in [6.07, 6.45) is 2.48. The Morgan fingerprint density at radius 2 is 1.93 bits per heavy atom. The van der Waals surface area contributed by atoms with Crippen LogP contribution >= 0.6 is 0 Å². The van der Waals surface area contributed by atoms with Crippen molar-refractivity contribution in [3.05, 3.63) is 77.6 Å². The Kier molecular flexibility index (Phi) is 6.68. The number of aliphatic imine (C=N–C) groups is 1. The number of guanidine groups is 1. The van der Waals surface area contributed by atoms with E-state index in [2.05, 4.69) is 46.8 Å². The summed E-state index contributed by atoms with van der Waals surface area (Å²) in [5, 5.41) is 10.8. The number of nitrogens with one attached hydrogen (secondary N) is 2. The molecule has 6 heteroatoms. The van der Waals surface area contributed by atoms with Gasteiger partial charge in [-0.2, -0.15) is 0 Å². The number of nitrogens with zero attached hydrogens (tertiary/aromatic N) is 2. The zero-order valence-corrected chi connectivity index (χ0v) is 15.8. The predicted molar refractivity (Wildman–Crippen MR) is 105 cm³/mol. The van der Waals surface area contributed by atoms with Gasteiger partial charge >= 0.3 is 0 Å². The SMILES string of the molecule is CC(C)c1cc(CNC(=NCc2ccccc2)NCCc2ccco2)on1. The van der Waals surface area contributed by atoms with Gasteiger partial charge in [-0.15, -0.1) is 0 Å². The molecule has 0 aliphatic carbocycles. The summed E-state index contributed by atoms with van der Waals surface area (Å²) < 4.78 is 10.8. The van der Waals surface area contributed by atoms with Crippen molar-refractivity contribution >= 4 is 5.96 Å². The van der Waals surface area contributed by atoms with Gasteiger partial charge in [-0.3, -0.25) is 0 Å². The summed E-state index contributed by atoms with van der Waals surface area (Å²) in [6.45, 7) is 6.05. The molecule has 0 amide bonds. The summed E-state index contributed by atoms with van der Waals surface area (Å²) in [4.78, 5) is 4.67. The highest BCUT2D eigenvalue weighted by Gasteiger charge is 2.08. The molecule has 0 radical (unpaired) electrons. The third-order valence-electron chi connectivity index (χ3n) is 4.11. The summed E-state index contributed by atoms with van der Waals surface area (Å²) >= 11 is 0. The Labute approximate surface area is 159 Å². The topological polar surface area (TPSA) is 75.6 Å². The number of aromatic nitrogens is 1. The summed E-state index contributed by atoms with van der Waals surface area (Å²) in [5.74, 6) is 2.81. The highest BCUT2D eigenvalue weighted by molar-refractivity contribution is 5.79. The fraction of sp³-hybridized carbons (Fsp3) is 0.333. The maximum atomic E-state index is 5.39. The van der Waals surface area contributed by atoms with Gasteiger partial charge in [0.05, 0.1) is 25.0 Å². The van der Waals surface area contributed by atoms with Crippen LogP contribution in [0.5, 0.6) is 0 Å². The minimum Gasteiger partial charge on any atom is -0.469 e. The lowest BCUT2D eigenvalue weighted by Crippen LogP contribution is -2.38. The molecule has 2 N–H and O–H groups in total. The van der Waals surface area contributed by atoms with Crippen molar-refractivity contribution in [1.82, 2.24) is 15.8 Å². The lowest BCUT2D eigenvalue weighted by Gasteiger charge is -2.11. The zero-order chi connectivity index (χ0) is 18.9. The van der Waals surface area contributed by atoms with E-state index in [4.69, 9.17) is 8.94 Å². The predicted octanol–water partition coefficient (Wildman–Crippen LogP) is 3.87. The molecule has 3 rings (SSSR count). The van der Waals surface area contributed by atoms with Crippen molar-refractivity contribution in [2.75, 3.05) is 6.54 Å². The van der Waals surface area contributed by atoms with Crippen LogP contribution in [0, 0.1) is 0 Å². The van der Waals surface area contributed by atoms with Crippen LogP contribution < -0.4 is 10.6 Å². The normalized spacial score (nSPS) is 11.7. The quantitative estimate of drug-likeness (QED) is 0.467. The number of benzene rings is 1. The van der Waals surface area contributed by atoms with Gasteiger partial charge in [-0.1, -0.05) is 49.3 Å². The van der Waals surface area contributed by atoms with E-state index in [1.807, 2.05) is 36.4 Å². The average molecular weight is 366 g/mol. The Morgan fingerprint density at radius 3 is 2.63 bits per heavy atom. The molecule has 1 aromatic carbocycles.